The molecule has 1 saturated carbocycles. The maximum Gasteiger partial charge on any atom is 0.239 e. The zero-order valence-corrected chi connectivity index (χ0v) is 19.0. The SMILES string of the molecule is O=S(=O)(Nc1nc2ccnn2c(Cl)c1Cc1ccc(Br)cc1Cl)C1(CCO)CC1. The van der Waals surface area contributed by atoms with Crippen LogP contribution in [0, 0.1) is 0 Å². The molecule has 0 spiro atoms. The van der Waals surface area contributed by atoms with Gasteiger partial charge in [-0.1, -0.05) is 45.2 Å². The Kier molecular flexibility index (Phi) is 5.54. The van der Waals surface area contributed by atoms with Gasteiger partial charge in [-0.05, 0) is 37.0 Å². The second-order valence-electron chi connectivity index (χ2n) is 7.01. The second kappa shape index (κ2) is 7.70. The van der Waals surface area contributed by atoms with E-state index in [0.29, 0.717) is 29.1 Å². The smallest absolute Gasteiger partial charge is 0.239 e. The van der Waals surface area contributed by atoms with Gasteiger partial charge in [0.05, 0.1) is 10.9 Å². The Bertz CT molecular complexity index is 1200. The minimum absolute atomic E-state index is 0.145. The number of nitrogens with zero attached hydrogens (tertiary/aromatic N) is 3. The van der Waals surface area contributed by atoms with Crippen LogP contribution < -0.4 is 4.72 Å². The maximum absolute atomic E-state index is 13.0. The first-order valence-electron chi connectivity index (χ1n) is 8.86. The minimum atomic E-state index is -3.77. The zero-order valence-electron chi connectivity index (χ0n) is 15.1. The van der Waals surface area contributed by atoms with Crippen molar-refractivity contribution >= 4 is 60.6 Å². The fourth-order valence-electron chi connectivity index (χ4n) is 3.27. The number of sulfonamides is 1. The van der Waals surface area contributed by atoms with E-state index in [2.05, 4.69) is 30.7 Å². The monoisotopic (exact) mass is 518 g/mol. The average molecular weight is 520 g/mol. The van der Waals surface area contributed by atoms with E-state index in [1.807, 2.05) is 12.1 Å². The van der Waals surface area contributed by atoms with E-state index in [9.17, 15) is 13.5 Å². The zero-order chi connectivity index (χ0) is 20.8. The predicted molar refractivity (Wildman–Crippen MR) is 116 cm³/mol. The van der Waals surface area contributed by atoms with Crippen molar-refractivity contribution in [3.8, 4) is 0 Å². The summed E-state index contributed by atoms with van der Waals surface area (Å²) in [6.45, 7) is -0.196. The number of anilines is 1. The standard InChI is InChI=1S/C18H17BrCl2N4O3S/c19-12-2-1-11(14(20)10-12)9-13-16(21)25-15(3-7-22-25)23-17(13)24-29(27,28)18(4-5-18)6-8-26/h1-3,7,10,26H,4-6,8-9H2,(H,23,24). The summed E-state index contributed by atoms with van der Waals surface area (Å²) in [4.78, 5) is 4.44. The fraction of sp³-hybridized carbons (Fsp3) is 0.333. The summed E-state index contributed by atoms with van der Waals surface area (Å²) in [5.74, 6) is 0.145. The molecular formula is C18H17BrCl2N4O3S. The van der Waals surface area contributed by atoms with E-state index >= 15 is 0 Å². The summed E-state index contributed by atoms with van der Waals surface area (Å²) in [5, 5.41) is 14.2. The molecule has 29 heavy (non-hydrogen) atoms. The number of aliphatic hydroxyl groups is 1. The van der Waals surface area contributed by atoms with Gasteiger partial charge in [-0.25, -0.2) is 17.9 Å². The summed E-state index contributed by atoms with van der Waals surface area (Å²) in [6.07, 6.45) is 2.98. The number of benzene rings is 1. The molecule has 3 aromatic rings. The van der Waals surface area contributed by atoms with Gasteiger partial charge in [-0.15, -0.1) is 0 Å². The van der Waals surface area contributed by atoms with Gasteiger partial charge >= 0.3 is 0 Å². The van der Waals surface area contributed by atoms with Crippen LogP contribution in [0.15, 0.2) is 34.9 Å². The molecule has 0 bridgehead atoms. The number of halogens is 3. The number of aliphatic hydroxyl groups excluding tert-OH is 1. The topological polar surface area (TPSA) is 96.6 Å². The third-order valence-corrected chi connectivity index (χ3v) is 8.58. The van der Waals surface area contributed by atoms with Crippen LogP contribution in [0.2, 0.25) is 10.2 Å². The quantitative estimate of drug-likeness (QED) is 0.459. The summed E-state index contributed by atoms with van der Waals surface area (Å²) in [6, 6.07) is 7.08. The van der Waals surface area contributed by atoms with Crippen molar-refractivity contribution in [1.29, 1.82) is 0 Å². The van der Waals surface area contributed by atoms with Gasteiger partial charge in [0.15, 0.2) is 5.65 Å². The number of hydrogen-bond acceptors (Lipinski definition) is 5. The normalized spacial score (nSPS) is 15.6. The molecule has 0 amide bonds. The molecule has 0 unspecified atom stereocenters. The van der Waals surface area contributed by atoms with Crippen molar-refractivity contribution in [3.05, 3.63) is 56.2 Å². The molecule has 154 valence electrons. The predicted octanol–water partition coefficient (Wildman–Crippen LogP) is 4.05. The van der Waals surface area contributed by atoms with E-state index in [1.54, 1.807) is 12.1 Å². The molecule has 0 atom stereocenters. The molecule has 2 aromatic heterocycles. The largest absolute Gasteiger partial charge is 0.396 e. The lowest BCUT2D eigenvalue weighted by Crippen LogP contribution is -2.31. The van der Waals surface area contributed by atoms with Crippen LogP contribution in [0.25, 0.3) is 5.65 Å². The van der Waals surface area contributed by atoms with E-state index in [4.69, 9.17) is 23.2 Å². The number of aromatic nitrogens is 3. The van der Waals surface area contributed by atoms with Gasteiger partial charge in [0.2, 0.25) is 10.0 Å². The second-order valence-corrected chi connectivity index (χ2v) is 10.8. The first-order chi connectivity index (χ1) is 13.8. The molecular weight excluding hydrogens is 503 g/mol. The molecule has 11 heteroatoms. The Hall–Kier alpha value is -1.39. The summed E-state index contributed by atoms with van der Waals surface area (Å²) >= 11 is 16.3. The van der Waals surface area contributed by atoms with Gasteiger partial charge in [0.1, 0.15) is 11.0 Å². The molecule has 1 aliphatic carbocycles. The Morgan fingerprint density at radius 1 is 1.28 bits per heavy atom. The molecule has 1 aliphatic rings. The Balaban J connectivity index is 1.79. The highest BCUT2D eigenvalue weighted by atomic mass is 79.9. The maximum atomic E-state index is 13.0. The Morgan fingerprint density at radius 3 is 2.69 bits per heavy atom. The Labute approximate surface area is 186 Å². The average Bonchev–Trinajstić information content (AvgIpc) is 3.30. The van der Waals surface area contributed by atoms with Crippen LogP contribution in [0.1, 0.15) is 30.4 Å². The molecule has 7 nitrogen and oxygen atoms in total. The van der Waals surface area contributed by atoms with Crippen molar-refractivity contribution in [2.24, 2.45) is 0 Å². The van der Waals surface area contributed by atoms with E-state index in [-0.39, 0.29) is 30.4 Å². The molecule has 2 N–H and O–H groups in total. The molecule has 0 radical (unpaired) electrons. The highest BCUT2D eigenvalue weighted by molar-refractivity contribution is 9.10. The molecule has 0 saturated heterocycles. The van der Waals surface area contributed by atoms with E-state index < -0.39 is 14.8 Å². The molecule has 4 rings (SSSR count). The number of rotatable bonds is 7. The van der Waals surface area contributed by atoms with E-state index in [1.165, 1.54) is 10.7 Å². The molecule has 0 aliphatic heterocycles. The number of fused-ring (bicyclic) bond motifs is 1. The first kappa shape index (κ1) is 20.9. The number of hydrogen-bond donors (Lipinski definition) is 2. The van der Waals surface area contributed by atoms with Crippen LogP contribution >= 0.6 is 39.1 Å². The minimum Gasteiger partial charge on any atom is -0.396 e. The van der Waals surface area contributed by atoms with Crippen LogP contribution in [-0.2, 0) is 16.4 Å². The van der Waals surface area contributed by atoms with Gasteiger partial charge in [0, 0.05) is 34.2 Å². The highest BCUT2D eigenvalue weighted by Crippen LogP contribution is 2.47. The fourth-order valence-corrected chi connectivity index (χ4v) is 5.93. The summed E-state index contributed by atoms with van der Waals surface area (Å²) in [5.41, 5.74) is 1.66. The molecule has 1 fully saturated rings. The summed E-state index contributed by atoms with van der Waals surface area (Å²) < 4.78 is 30.0. The van der Waals surface area contributed by atoms with Crippen LogP contribution in [0.5, 0.6) is 0 Å². The first-order valence-corrected chi connectivity index (χ1v) is 11.9. The lowest BCUT2D eigenvalue weighted by molar-refractivity contribution is 0.283. The van der Waals surface area contributed by atoms with Gasteiger partial charge < -0.3 is 5.11 Å². The van der Waals surface area contributed by atoms with Crippen molar-refractivity contribution in [1.82, 2.24) is 14.6 Å². The van der Waals surface area contributed by atoms with Gasteiger partial charge in [0.25, 0.3) is 0 Å². The third-order valence-electron chi connectivity index (χ3n) is 5.13. The van der Waals surface area contributed by atoms with Crippen molar-refractivity contribution in [3.63, 3.8) is 0 Å². The van der Waals surface area contributed by atoms with Crippen molar-refractivity contribution in [2.45, 2.75) is 30.4 Å². The van der Waals surface area contributed by atoms with Crippen LogP contribution in [0.4, 0.5) is 5.82 Å². The van der Waals surface area contributed by atoms with Crippen molar-refractivity contribution < 1.29 is 13.5 Å². The van der Waals surface area contributed by atoms with Crippen molar-refractivity contribution in [2.75, 3.05) is 11.3 Å². The molecule has 1 aromatic carbocycles. The van der Waals surface area contributed by atoms with Gasteiger partial charge in [-0.2, -0.15) is 5.10 Å². The lowest BCUT2D eigenvalue weighted by atomic mass is 10.1. The van der Waals surface area contributed by atoms with Crippen LogP contribution in [0.3, 0.4) is 0 Å². The summed E-state index contributed by atoms with van der Waals surface area (Å²) in [7, 11) is -3.77. The lowest BCUT2D eigenvalue weighted by Gasteiger charge is -2.19. The van der Waals surface area contributed by atoms with E-state index in [0.717, 1.165) is 10.0 Å². The van der Waals surface area contributed by atoms with Gasteiger partial charge in [-0.3, -0.25) is 4.72 Å². The molecule has 2 heterocycles. The number of nitrogens with one attached hydrogen (secondary N) is 1. The third kappa shape index (κ3) is 3.86. The Morgan fingerprint density at radius 2 is 2.03 bits per heavy atom. The van der Waals surface area contributed by atoms with Crippen LogP contribution in [-0.4, -0.2) is 39.5 Å². The highest BCUT2D eigenvalue weighted by Gasteiger charge is 2.54.